The molecule has 0 saturated carbocycles. The fraction of sp³-hybridized carbons (Fsp3) is 0.531. The van der Waals surface area contributed by atoms with Crippen molar-refractivity contribution in [3.8, 4) is 0 Å². The number of benzene rings is 2. The lowest BCUT2D eigenvalue weighted by Crippen LogP contribution is -2.60. The molecule has 0 bridgehead atoms. The molecule has 0 aliphatic heterocycles. The van der Waals surface area contributed by atoms with Crippen molar-refractivity contribution in [2.45, 2.75) is 96.5 Å². The van der Waals surface area contributed by atoms with Gasteiger partial charge in [0.25, 0.3) is 0 Å². The lowest BCUT2D eigenvalue weighted by atomic mass is 9.91. The number of nitrogens with one attached hydrogen (secondary N) is 4. The van der Waals surface area contributed by atoms with Crippen LogP contribution in [0.2, 0.25) is 0 Å². The maximum absolute atomic E-state index is 13.6. The van der Waals surface area contributed by atoms with Gasteiger partial charge in [-0.05, 0) is 63.5 Å². The number of hydrogen-bond acceptors (Lipinski definition) is 6. The Morgan fingerprint density at radius 1 is 0.864 bits per heavy atom. The first-order valence-electron chi connectivity index (χ1n) is 15.0. The first-order valence-corrected chi connectivity index (χ1v) is 16.6. The third-order valence-electron chi connectivity index (χ3n) is 6.86. The third-order valence-corrected chi connectivity index (χ3v) is 8.24. The van der Waals surface area contributed by atoms with Gasteiger partial charge in [-0.25, -0.2) is 17.9 Å². The van der Waals surface area contributed by atoms with Gasteiger partial charge in [-0.3, -0.25) is 9.59 Å². The number of amides is 4. The Bertz CT molecular complexity index is 1300. The smallest absolute Gasteiger partial charge is 0.315 e. The normalized spacial score (nSPS) is 14.7. The molecule has 44 heavy (non-hydrogen) atoms. The highest BCUT2D eigenvalue weighted by atomic mass is 32.2. The zero-order valence-electron chi connectivity index (χ0n) is 26.4. The van der Waals surface area contributed by atoms with E-state index >= 15 is 0 Å². The standard InChI is InChI=1S/C32H49N5O6S/c1-22(2)16-17-25(35-31(41)36-32(3,4)5)29(39)26(20-24-14-10-7-11-15-24)34-30(40)27(21-28(33)38)37-44(42,43)19-18-23-12-8-6-9-13-23/h6-15,22,25-27,29,37,39H,16-21H2,1-5H3,(H2,33,38)(H,34,40)(H2,35,36,41)/t25?,26-,27-,29-/m0/s1. The number of carbonyl (C=O) groups excluding carboxylic acids is 3. The van der Waals surface area contributed by atoms with E-state index in [9.17, 15) is 27.9 Å². The zero-order valence-corrected chi connectivity index (χ0v) is 27.2. The van der Waals surface area contributed by atoms with Gasteiger partial charge < -0.3 is 26.8 Å². The summed E-state index contributed by atoms with van der Waals surface area (Å²) in [7, 11) is -4.00. The van der Waals surface area contributed by atoms with Gasteiger partial charge in [-0.2, -0.15) is 0 Å². The minimum Gasteiger partial charge on any atom is -0.389 e. The van der Waals surface area contributed by atoms with E-state index in [1.54, 1.807) is 24.3 Å². The summed E-state index contributed by atoms with van der Waals surface area (Å²) in [6, 6.07) is 14.5. The zero-order chi connectivity index (χ0) is 32.9. The van der Waals surface area contributed by atoms with Gasteiger partial charge in [0.2, 0.25) is 21.8 Å². The predicted octanol–water partition coefficient (Wildman–Crippen LogP) is 2.38. The van der Waals surface area contributed by atoms with Gasteiger partial charge in [0.05, 0.1) is 30.4 Å². The summed E-state index contributed by atoms with van der Waals surface area (Å²) in [5.41, 5.74) is 6.47. The highest BCUT2D eigenvalue weighted by molar-refractivity contribution is 7.89. The SMILES string of the molecule is CC(C)CCC(NC(=O)NC(C)(C)C)[C@H](O)[C@H](Cc1ccccc1)NC(=O)[C@H](CC(N)=O)NS(=O)(=O)CCc1ccccc1. The van der Waals surface area contributed by atoms with E-state index in [0.29, 0.717) is 12.8 Å². The quantitative estimate of drug-likeness (QED) is 0.156. The maximum atomic E-state index is 13.6. The Morgan fingerprint density at radius 3 is 1.95 bits per heavy atom. The van der Waals surface area contributed by atoms with E-state index in [1.165, 1.54) is 0 Å². The number of aliphatic hydroxyl groups excluding tert-OH is 1. The number of primary amides is 1. The lowest BCUT2D eigenvalue weighted by molar-refractivity contribution is -0.128. The number of sulfonamides is 1. The Hall–Kier alpha value is -3.48. The molecule has 1 unspecified atom stereocenters. The van der Waals surface area contributed by atoms with Gasteiger partial charge in [0.1, 0.15) is 6.04 Å². The molecule has 2 aromatic rings. The van der Waals surface area contributed by atoms with Crippen molar-refractivity contribution < 1.29 is 27.9 Å². The molecule has 0 heterocycles. The highest BCUT2D eigenvalue weighted by Crippen LogP contribution is 2.16. The molecular formula is C32H49N5O6S. The van der Waals surface area contributed by atoms with Gasteiger partial charge in [0.15, 0.2) is 0 Å². The first kappa shape index (κ1) is 36.7. The highest BCUT2D eigenvalue weighted by Gasteiger charge is 2.34. The molecule has 4 amide bonds. The maximum Gasteiger partial charge on any atom is 0.315 e. The number of carbonyl (C=O) groups is 3. The number of urea groups is 1. The van der Waals surface area contributed by atoms with Gasteiger partial charge in [0, 0.05) is 5.54 Å². The molecule has 0 aliphatic rings. The summed E-state index contributed by atoms with van der Waals surface area (Å²) >= 11 is 0. The summed E-state index contributed by atoms with van der Waals surface area (Å²) in [5.74, 6) is -1.70. The summed E-state index contributed by atoms with van der Waals surface area (Å²) in [6.07, 6.45) is -0.334. The fourth-order valence-corrected chi connectivity index (χ4v) is 5.88. The van der Waals surface area contributed by atoms with Gasteiger partial charge in [-0.15, -0.1) is 0 Å². The molecule has 0 spiro atoms. The van der Waals surface area contributed by atoms with Crippen LogP contribution in [0.5, 0.6) is 0 Å². The second kappa shape index (κ2) is 17.1. The third kappa shape index (κ3) is 14.3. The van der Waals surface area contributed by atoms with Crippen LogP contribution in [0, 0.1) is 5.92 Å². The second-order valence-corrected chi connectivity index (χ2v) is 14.5. The van der Waals surface area contributed by atoms with Crippen LogP contribution < -0.4 is 26.4 Å². The van der Waals surface area contributed by atoms with E-state index in [1.807, 2.05) is 71.0 Å². The Balaban J connectivity index is 2.32. The number of rotatable bonds is 17. The molecule has 0 fully saturated rings. The number of hydrogen-bond donors (Lipinski definition) is 6. The van der Waals surface area contributed by atoms with Crippen molar-refractivity contribution >= 4 is 27.9 Å². The van der Waals surface area contributed by atoms with Crippen molar-refractivity contribution in [3.63, 3.8) is 0 Å². The lowest BCUT2D eigenvalue weighted by Gasteiger charge is -2.33. The van der Waals surface area contributed by atoms with Crippen LogP contribution in [-0.2, 0) is 32.5 Å². The predicted molar refractivity (Wildman–Crippen MR) is 172 cm³/mol. The number of nitrogens with two attached hydrogens (primary N) is 1. The summed E-state index contributed by atoms with van der Waals surface area (Å²) in [6.45, 7) is 9.57. The van der Waals surface area contributed by atoms with E-state index in [4.69, 9.17) is 5.73 Å². The molecule has 4 atom stereocenters. The van der Waals surface area contributed by atoms with Crippen molar-refractivity contribution in [1.82, 2.24) is 20.7 Å². The molecule has 0 radical (unpaired) electrons. The molecular weight excluding hydrogens is 582 g/mol. The van der Waals surface area contributed by atoms with E-state index in [0.717, 1.165) is 11.1 Å². The van der Waals surface area contributed by atoms with Crippen molar-refractivity contribution in [2.75, 3.05) is 5.75 Å². The van der Waals surface area contributed by atoms with Crippen LogP contribution in [0.4, 0.5) is 4.79 Å². The molecule has 2 rings (SSSR count). The largest absolute Gasteiger partial charge is 0.389 e. The average Bonchev–Trinajstić information content (AvgIpc) is 2.93. The van der Waals surface area contributed by atoms with Crippen molar-refractivity contribution in [2.24, 2.45) is 11.7 Å². The van der Waals surface area contributed by atoms with E-state index < -0.39 is 64.1 Å². The van der Waals surface area contributed by atoms with Crippen molar-refractivity contribution in [1.29, 1.82) is 0 Å². The minimum absolute atomic E-state index is 0.179. The van der Waals surface area contributed by atoms with Gasteiger partial charge >= 0.3 is 6.03 Å². The molecule has 2 aromatic carbocycles. The molecule has 0 saturated heterocycles. The second-order valence-electron chi connectivity index (χ2n) is 12.6. The Labute approximate surface area is 261 Å². The van der Waals surface area contributed by atoms with Crippen molar-refractivity contribution in [3.05, 3.63) is 71.8 Å². The van der Waals surface area contributed by atoms with E-state index in [-0.39, 0.29) is 24.5 Å². The van der Waals surface area contributed by atoms with Gasteiger partial charge in [-0.1, -0.05) is 74.5 Å². The van der Waals surface area contributed by atoms with Crippen LogP contribution in [0.3, 0.4) is 0 Å². The summed E-state index contributed by atoms with van der Waals surface area (Å²) in [5, 5.41) is 20.1. The molecule has 0 aliphatic carbocycles. The monoisotopic (exact) mass is 631 g/mol. The Morgan fingerprint density at radius 2 is 1.43 bits per heavy atom. The van der Waals surface area contributed by atoms with Crippen LogP contribution >= 0.6 is 0 Å². The van der Waals surface area contributed by atoms with Crippen LogP contribution in [-0.4, -0.2) is 66.9 Å². The van der Waals surface area contributed by atoms with Crippen LogP contribution in [0.15, 0.2) is 60.7 Å². The topological polar surface area (TPSA) is 180 Å². The summed E-state index contributed by atoms with van der Waals surface area (Å²) < 4.78 is 28.2. The first-order chi connectivity index (χ1) is 20.5. The minimum atomic E-state index is -4.00. The molecule has 11 nitrogen and oxygen atoms in total. The fourth-order valence-electron chi connectivity index (χ4n) is 4.64. The number of aliphatic hydroxyl groups is 1. The summed E-state index contributed by atoms with van der Waals surface area (Å²) in [4.78, 5) is 38.3. The molecule has 7 N–H and O–H groups in total. The molecule has 12 heteroatoms. The molecule has 244 valence electrons. The average molecular weight is 632 g/mol. The van der Waals surface area contributed by atoms with Crippen LogP contribution in [0.25, 0.3) is 0 Å². The molecule has 0 aromatic heterocycles. The van der Waals surface area contributed by atoms with Crippen LogP contribution in [0.1, 0.15) is 65.0 Å². The number of aryl methyl sites for hydroxylation is 1. The van der Waals surface area contributed by atoms with E-state index in [2.05, 4.69) is 20.7 Å². The Kier molecular flexibility index (Phi) is 14.3.